The summed E-state index contributed by atoms with van der Waals surface area (Å²) in [5.74, 6) is 0.699. The minimum Gasteiger partial charge on any atom is -0.508 e. The molecule has 0 saturated heterocycles. The second kappa shape index (κ2) is 8.87. The number of hydrogen-bond donors (Lipinski definition) is 2. The summed E-state index contributed by atoms with van der Waals surface area (Å²) in [6.07, 6.45) is 3.02. The molecule has 0 amide bonds. The van der Waals surface area contributed by atoms with Crippen molar-refractivity contribution in [1.29, 1.82) is 0 Å². The quantitative estimate of drug-likeness (QED) is 0.370. The van der Waals surface area contributed by atoms with Crippen LogP contribution in [0.4, 0.5) is 11.5 Å². The zero-order valence-electron chi connectivity index (χ0n) is 16.2. The zero-order valence-corrected chi connectivity index (χ0v) is 18.6. The number of fused-ring (bicyclic) bond motifs is 1. The number of phenols is 1. The average molecular weight is 496 g/mol. The molecule has 0 saturated carbocycles. The molecule has 0 aliphatic rings. The molecule has 0 bridgehead atoms. The maximum Gasteiger partial charge on any atom is 0.175 e. The van der Waals surface area contributed by atoms with E-state index in [4.69, 9.17) is 0 Å². The first-order chi connectivity index (χ1) is 14.9. The molecule has 6 nitrogen and oxygen atoms in total. The molecule has 156 valence electrons. The van der Waals surface area contributed by atoms with Gasteiger partial charge in [0, 0.05) is 21.0 Å². The van der Waals surface area contributed by atoms with Crippen molar-refractivity contribution < 1.29 is 13.5 Å². The van der Waals surface area contributed by atoms with E-state index >= 15 is 0 Å². The van der Waals surface area contributed by atoms with Gasteiger partial charge in [0.15, 0.2) is 9.84 Å². The SMILES string of the molecule is O=S(=O)(/C=C/c1ccc(O)cc1)Cc1ccc(Nc2ncnc3ccc(Br)cc23)cc1. The number of phenolic OH excluding ortho intramolecular Hbond substituents is 1. The molecule has 0 spiro atoms. The van der Waals surface area contributed by atoms with Crippen LogP contribution >= 0.6 is 15.9 Å². The number of aromatic nitrogens is 2. The van der Waals surface area contributed by atoms with Crippen molar-refractivity contribution in [2.24, 2.45) is 0 Å². The number of nitrogens with one attached hydrogen (secondary N) is 1. The Morgan fingerprint density at radius 3 is 2.45 bits per heavy atom. The molecule has 2 N–H and O–H groups in total. The Kier molecular flexibility index (Phi) is 6.01. The van der Waals surface area contributed by atoms with Gasteiger partial charge >= 0.3 is 0 Å². The molecule has 0 aliphatic heterocycles. The minimum atomic E-state index is -3.44. The van der Waals surface area contributed by atoms with E-state index in [1.807, 2.05) is 30.3 Å². The lowest BCUT2D eigenvalue weighted by Gasteiger charge is -2.09. The molecular formula is C23H18BrN3O3S. The second-order valence-electron chi connectivity index (χ2n) is 6.91. The molecule has 0 fully saturated rings. The highest BCUT2D eigenvalue weighted by Gasteiger charge is 2.09. The lowest BCUT2D eigenvalue weighted by atomic mass is 10.2. The maximum atomic E-state index is 12.4. The topological polar surface area (TPSA) is 92.2 Å². The summed E-state index contributed by atoms with van der Waals surface area (Å²) in [7, 11) is -3.44. The number of rotatable bonds is 6. The lowest BCUT2D eigenvalue weighted by Crippen LogP contribution is -2.00. The predicted molar refractivity (Wildman–Crippen MR) is 127 cm³/mol. The van der Waals surface area contributed by atoms with E-state index in [9.17, 15) is 13.5 Å². The fourth-order valence-electron chi connectivity index (χ4n) is 3.00. The molecule has 31 heavy (non-hydrogen) atoms. The number of benzene rings is 3. The van der Waals surface area contributed by atoms with Crippen LogP contribution in [0.5, 0.6) is 5.75 Å². The average Bonchev–Trinajstić information content (AvgIpc) is 2.75. The molecule has 1 aromatic heterocycles. The summed E-state index contributed by atoms with van der Waals surface area (Å²) >= 11 is 3.46. The van der Waals surface area contributed by atoms with Crippen molar-refractivity contribution in [2.75, 3.05) is 5.32 Å². The van der Waals surface area contributed by atoms with Gasteiger partial charge in [0.05, 0.1) is 11.3 Å². The largest absolute Gasteiger partial charge is 0.508 e. The first-order valence-electron chi connectivity index (χ1n) is 9.34. The van der Waals surface area contributed by atoms with Crippen LogP contribution in [0, 0.1) is 0 Å². The van der Waals surface area contributed by atoms with Crippen LogP contribution in [0.1, 0.15) is 11.1 Å². The van der Waals surface area contributed by atoms with Crippen molar-refractivity contribution in [3.05, 3.63) is 94.1 Å². The Morgan fingerprint density at radius 2 is 1.71 bits per heavy atom. The Hall–Kier alpha value is -3.23. The van der Waals surface area contributed by atoms with Gasteiger partial charge < -0.3 is 10.4 Å². The molecular weight excluding hydrogens is 478 g/mol. The predicted octanol–water partition coefficient (Wildman–Crippen LogP) is 5.43. The summed E-state index contributed by atoms with van der Waals surface area (Å²) in [5.41, 5.74) is 2.99. The third kappa shape index (κ3) is 5.48. The van der Waals surface area contributed by atoms with Gasteiger partial charge in [-0.2, -0.15) is 0 Å². The van der Waals surface area contributed by atoms with Gasteiger partial charge in [-0.15, -0.1) is 0 Å². The van der Waals surface area contributed by atoms with E-state index in [1.165, 1.54) is 29.9 Å². The van der Waals surface area contributed by atoms with Crippen molar-refractivity contribution in [3.63, 3.8) is 0 Å². The van der Waals surface area contributed by atoms with Crippen molar-refractivity contribution in [1.82, 2.24) is 9.97 Å². The molecule has 0 radical (unpaired) electrons. The Bertz CT molecular complexity index is 1350. The summed E-state index contributed by atoms with van der Waals surface area (Å²) < 4.78 is 25.8. The van der Waals surface area contributed by atoms with Crippen LogP contribution in [0.3, 0.4) is 0 Å². The van der Waals surface area contributed by atoms with Crippen LogP contribution in [0.15, 0.2) is 82.9 Å². The van der Waals surface area contributed by atoms with E-state index in [0.29, 0.717) is 16.9 Å². The molecule has 0 atom stereocenters. The normalized spacial score (nSPS) is 11.8. The van der Waals surface area contributed by atoms with E-state index in [1.54, 1.807) is 24.3 Å². The first-order valence-corrected chi connectivity index (χ1v) is 11.8. The summed E-state index contributed by atoms with van der Waals surface area (Å²) in [4.78, 5) is 8.59. The van der Waals surface area contributed by atoms with Gasteiger partial charge in [-0.05, 0) is 59.7 Å². The highest BCUT2D eigenvalue weighted by Crippen LogP contribution is 2.26. The van der Waals surface area contributed by atoms with E-state index < -0.39 is 9.84 Å². The van der Waals surface area contributed by atoms with Gasteiger partial charge in [0.2, 0.25) is 0 Å². The third-order valence-corrected chi connectivity index (χ3v) is 6.32. The number of hydrogen-bond acceptors (Lipinski definition) is 6. The number of halogens is 1. The van der Waals surface area contributed by atoms with Crippen LogP contribution in [0.25, 0.3) is 17.0 Å². The van der Waals surface area contributed by atoms with Gasteiger partial charge in [-0.3, -0.25) is 0 Å². The molecule has 1 heterocycles. The zero-order chi connectivity index (χ0) is 21.8. The van der Waals surface area contributed by atoms with E-state index in [-0.39, 0.29) is 11.5 Å². The monoisotopic (exact) mass is 495 g/mol. The number of anilines is 2. The standard InChI is InChI=1S/C23H18BrN3O3S/c24-18-5-10-22-21(13-18)23(26-15-25-22)27-19-6-1-17(2-7-19)14-31(29,30)12-11-16-3-8-20(28)9-4-16/h1-13,15,28H,14H2,(H,25,26,27)/b12-11+. The Morgan fingerprint density at radius 1 is 0.968 bits per heavy atom. The summed E-state index contributed by atoms with van der Waals surface area (Å²) in [5, 5.41) is 14.6. The molecule has 4 aromatic rings. The summed E-state index contributed by atoms with van der Waals surface area (Å²) in [6.45, 7) is 0. The van der Waals surface area contributed by atoms with Crippen molar-refractivity contribution in [2.45, 2.75) is 5.75 Å². The molecule has 0 aliphatic carbocycles. The van der Waals surface area contributed by atoms with Crippen molar-refractivity contribution in [3.8, 4) is 5.75 Å². The van der Waals surface area contributed by atoms with E-state index in [2.05, 4.69) is 31.2 Å². The van der Waals surface area contributed by atoms with Crippen LogP contribution in [-0.4, -0.2) is 23.5 Å². The fraction of sp³-hybridized carbons (Fsp3) is 0.0435. The van der Waals surface area contributed by atoms with Gasteiger partial charge in [-0.25, -0.2) is 18.4 Å². The Labute approximate surface area is 188 Å². The first kappa shape index (κ1) is 21.0. The minimum absolute atomic E-state index is 0.106. The Balaban J connectivity index is 1.47. The van der Waals surface area contributed by atoms with Crippen LogP contribution in [0.2, 0.25) is 0 Å². The van der Waals surface area contributed by atoms with Gasteiger partial charge in [0.1, 0.15) is 17.9 Å². The third-order valence-electron chi connectivity index (χ3n) is 4.54. The van der Waals surface area contributed by atoms with E-state index in [0.717, 1.165) is 21.1 Å². The van der Waals surface area contributed by atoms with Gasteiger partial charge in [-0.1, -0.05) is 40.2 Å². The second-order valence-corrected chi connectivity index (χ2v) is 9.71. The number of nitrogens with zero attached hydrogens (tertiary/aromatic N) is 2. The maximum absolute atomic E-state index is 12.4. The smallest absolute Gasteiger partial charge is 0.175 e. The number of sulfone groups is 1. The number of aromatic hydroxyl groups is 1. The highest BCUT2D eigenvalue weighted by molar-refractivity contribution is 9.10. The highest BCUT2D eigenvalue weighted by atomic mass is 79.9. The van der Waals surface area contributed by atoms with Crippen LogP contribution < -0.4 is 5.32 Å². The van der Waals surface area contributed by atoms with Gasteiger partial charge in [0.25, 0.3) is 0 Å². The lowest BCUT2D eigenvalue weighted by molar-refractivity contribution is 0.475. The molecule has 8 heteroatoms. The molecule has 4 rings (SSSR count). The molecule has 0 unspecified atom stereocenters. The van der Waals surface area contributed by atoms with Crippen molar-refractivity contribution >= 4 is 54.3 Å². The fourth-order valence-corrected chi connectivity index (χ4v) is 4.48. The summed E-state index contributed by atoms with van der Waals surface area (Å²) in [6, 6.07) is 19.3. The molecule has 3 aromatic carbocycles. The van der Waals surface area contributed by atoms with Crippen LogP contribution in [-0.2, 0) is 15.6 Å².